The molecule has 0 N–H and O–H groups in total. The lowest BCUT2D eigenvalue weighted by atomic mass is 9.81. The van der Waals surface area contributed by atoms with Gasteiger partial charge in [-0.25, -0.2) is 0 Å². The molecule has 0 unspecified atom stereocenters. The van der Waals surface area contributed by atoms with Crippen LogP contribution in [-0.2, 0) is 6.42 Å². The number of benzene rings is 7. The zero-order valence-electron chi connectivity index (χ0n) is 25.8. The van der Waals surface area contributed by atoms with Crippen LogP contribution in [0.2, 0.25) is 0 Å². The average molecular weight is 587 g/mol. The number of hydrogen-bond acceptors (Lipinski definition) is 0. The van der Waals surface area contributed by atoms with Gasteiger partial charge in [0.05, 0.1) is 0 Å². The molecule has 7 aromatic carbocycles. The standard InChI is InChI=1S/C46H34/c1-2-12-37-30-38(29-22-31(37)10-1)32-20-25-35(26-21-32)45-41-15-5-7-17-43(41)46(44-18-8-6-16-42(44)45)36-27-23-34(24-28-36)40-19-9-13-33-11-3-4-14-39(33)40/h1-3,5-13,15-23,25-27,29-30H,4,14,24,28H2. The average Bonchev–Trinajstić information content (AvgIpc) is 3.13. The predicted octanol–water partition coefficient (Wildman–Crippen LogP) is 12.7. The summed E-state index contributed by atoms with van der Waals surface area (Å²) < 4.78 is 0. The smallest absolute Gasteiger partial charge is 0.00264 e. The second kappa shape index (κ2) is 11.2. The third-order valence-corrected chi connectivity index (χ3v) is 10.1. The number of rotatable bonds is 4. The van der Waals surface area contributed by atoms with Gasteiger partial charge in [-0.15, -0.1) is 0 Å². The topological polar surface area (TPSA) is 0 Å². The predicted molar refractivity (Wildman–Crippen MR) is 199 cm³/mol. The number of hydrogen-bond donors (Lipinski definition) is 0. The SMILES string of the molecule is C1=Cc2cccc(C3=CC=C(c4c5ccccc5c(-c5ccc(-c6ccc7ccccc7c6)cc5)c5ccccc45)CC3)c2CC1. The molecular formula is C46H34. The highest BCUT2D eigenvalue weighted by Crippen LogP contribution is 2.45. The van der Waals surface area contributed by atoms with Crippen LogP contribution in [0.5, 0.6) is 0 Å². The van der Waals surface area contributed by atoms with Gasteiger partial charge in [0, 0.05) is 0 Å². The molecule has 0 atom stereocenters. The molecule has 0 heterocycles. The Bertz CT molecular complexity index is 2340. The molecule has 9 rings (SSSR count). The van der Waals surface area contributed by atoms with Gasteiger partial charge < -0.3 is 0 Å². The van der Waals surface area contributed by atoms with Gasteiger partial charge >= 0.3 is 0 Å². The molecule has 46 heavy (non-hydrogen) atoms. The Morgan fingerprint density at radius 2 is 1.02 bits per heavy atom. The minimum Gasteiger partial charge on any atom is -0.0836 e. The zero-order valence-corrected chi connectivity index (χ0v) is 25.8. The molecule has 0 spiro atoms. The van der Waals surface area contributed by atoms with Crippen molar-refractivity contribution in [3.63, 3.8) is 0 Å². The molecule has 0 saturated carbocycles. The van der Waals surface area contributed by atoms with E-state index in [-0.39, 0.29) is 0 Å². The van der Waals surface area contributed by atoms with E-state index < -0.39 is 0 Å². The summed E-state index contributed by atoms with van der Waals surface area (Å²) in [5, 5.41) is 7.84. The molecule has 0 amide bonds. The summed E-state index contributed by atoms with van der Waals surface area (Å²) in [5.41, 5.74) is 13.7. The lowest BCUT2D eigenvalue weighted by Crippen LogP contribution is -2.02. The van der Waals surface area contributed by atoms with E-state index in [4.69, 9.17) is 0 Å². The highest BCUT2D eigenvalue weighted by Gasteiger charge is 2.20. The second-order valence-electron chi connectivity index (χ2n) is 12.7. The van der Waals surface area contributed by atoms with Crippen molar-refractivity contribution in [1.29, 1.82) is 0 Å². The van der Waals surface area contributed by atoms with Crippen molar-refractivity contribution >= 4 is 49.5 Å². The highest BCUT2D eigenvalue weighted by atomic mass is 14.2. The number of allylic oxidation sites excluding steroid dienone is 5. The van der Waals surface area contributed by atoms with E-state index in [9.17, 15) is 0 Å². The van der Waals surface area contributed by atoms with Gasteiger partial charge in [-0.05, 0) is 120 Å². The Morgan fingerprint density at radius 1 is 0.413 bits per heavy atom. The monoisotopic (exact) mass is 586 g/mol. The van der Waals surface area contributed by atoms with E-state index in [1.807, 2.05) is 0 Å². The molecule has 0 bridgehead atoms. The van der Waals surface area contributed by atoms with Crippen molar-refractivity contribution in [2.24, 2.45) is 0 Å². The Morgan fingerprint density at radius 3 is 1.74 bits per heavy atom. The third kappa shape index (κ3) is 4.53. The quantitative estimate of drug-likeness (QED) is 0.180. The highest BCUT2D eigenvalue weighted by molar-refractivity contribution is 6.19. The maximum Gasteiger partial charge on any atom is -0.00264 e. The molecule has 2 aliphatic rings. The maximum atomic E-state index is 2.41. The van der Waals surface area contributed by atoms with Crippen molar-refractivity contribution in [2.75, 3.05) is 0 Å². The molecule has 0 saturated heterocycles. The van der Waals surface area contributed by atoms with Crippen LogP contribution in [0.15, 0.2) is 152 Å². The van der Waals surface area contributed by atoms with E-state index >= 15 is 0 Å². The fourth-order valence-corrected chi connectivity index (χ4v) is 7.83. The van der Waals surface area contributed by atoms with Gasteiger partial charge in [-0.1, -0.05) is 152 Å². The first-order valence-corrected chi connectivity index (χ1v) is 16.5. The molecule has 0 aliphatic heterocycles. The van der Waals surface area contributed by atoms with Crippen LogP contribution in [0.1, 0.15) is 41.5 Å². The summed E-state index contributed by atoms with van der Waals surface area (Å²) >= 11 is 0. The van der Waals surface area contributed by atoms with Gasteiger partial charge in [0.2, 0.25) is 0 Å². The lowest BCUT2D eigenvalue weighted by Gasteiger charge is -2.23. The Hall–Kier alpha value is -5.46. The largest absolute Gasteiger partial charge is 0.0836 e. The fourth-order valence-electron chi connectivity index (χ4n) is 7.83. The first-order chi connectivity index (χ1) is 22.8. The summed E-state index contributed by atoms with van der Waals surface area (Å²) in [6.07, 6.45) is 13.8. The summed E-state index contributed by atoms with van der Waals surface area (Å²) in [7, 11) is 0. The van der Waals surface area contributed by atoms with Gasteiger partial charge in [0.25, 0.3) is 0 Å². The first kappa shape index (κ1) is 26.9. The fraction of sp³-hybridized carbons (Fsp3) is 0.0870. The Balaban J connectivity index is 1.16. The third-order valence-electron chi connectivity index (χ3n) is 10.1. The van der Waals surface area contributed by atoms with Crippen LogP contribution in [0.4, 0.5) is 0 Å². The zero-order chi connectivity index (χ0) is 30.5. The van der Waals surface area contributed by atoms with Crippen LogP contribution >= 0.6 is 0 Å². The van der Waals surface area contributed by atoms with Crippen molar-refractivity contribution in [1.82, 2.24) is 0 Å². The van der Waals surface area contributed by atoms with Crippen molar-refractivity contribution in [3.8, 4) is 22.3 Å². The second-order valence-corrected chi connectivity index (χ2v) is 12.7. The lowest BCUT2D eigenvalue weighted by molar-refractivity contribution is 0.971. The molecule has 218 valence electrons. The maximum absolute atomic E-state index is 2.41. The van der Waals surface area contributed by atoms with Crippen molar-refractivity contribution in [3.05, 3.63) is 174 Å². The van der Waals surface area contributed by atoms with Gasteiger partial charge in [0.1, 0.15) is 0 Å². The first-order valence-electron chi connectivity index (χ1n) is 16.5. The molecule has 7 aromatic rings. The molecule has 0 heteroatoms. The van der Waals surface area contributed by atoms with Crippen LogP contribution < -0.4 is 0 Å². The Labute approximate surface area is 270 Å². The van der Waals surface area contributed by atoms with Gasteiger partial charge in [-0.3, -0.25) is 0 Å². The summed E-state index contributed by atoms with van der Waals surface area (Å²) in [6.45, 7) is 0. The summed E-state index contributed by atoms with van der Waals surface area (Å²) in [4.78, 5) is 0. The van der Waals surface area contributed by atoms with Crippen LogP contribution in [-0.4, -0.2) is 0 Å². The van der Waals surface area contributed by atoms with E-state index in [1.165, 1.54) is 88.0 Å². The van der Waals surface area contributed by atoms with Crippen LogP contribution in [0.25, 0.3) is 71.8 Å². The molecule has 2 aliphatic carbocycles. The van der Waals surface area contributed by atoms with Crippen molar-refractivity contribution < 1.29 is 0 Å². The van der Waals surface area contributed by atoms with Gasteiger partial charge in [-0.2, -0.15) is 0 Å². The normalized spacial score (nSPS) is 14.3. The van der Waals surface area contributed by atoms with Crippen LogP contribution in [0, 0.1) is 0 Å². The van der Waals surface area contributed by atoms with Gasteiger partial charge in [0.15, 0.2) is 0 Å². The molecule has 0 nitrogen and oxygen atoms in total. The molecular weight excluding hydrogens is 553 g/mol. The van der Waals surface area contributed by atoms with E-state index in [0.29, 0.717) is 0 Å². The molecule has 0 radical (unpaired) electrons. The Kier molecular flexibility index (Phi) is 6.53. The van der Waals surface area contributed by atoms with E-state index in [2.05, 4.69) is 158 Å². The molecule has 0 aromatic heterocycles. The summed E-state index contributed by atoms with van der Waals surface area (Å²) in [6, 6.07) is 49.4. The number of fused-ring (bicyclic) bond motifs is 4. The minimum atomic E-state index is 1.04. The van der Waals surface area contributed by atoms with Crippen molar-refractivity contribution in [2.45, 2.75) is 25.7 Å². The summed E-state index contributed by atoms with van der Waals surface area (Å²) in [5.74, 6) is 0. The van der Waals surface area contributed by atoms with E-state index in [0.717, 1.165) is 25.7 Å². The molecule has 0 fully saturated rings. The van der Waals surface area contributed by atoms with Crippen LogP contribution in [0.3, 0.4) is 0 Å². The minimum absolute atomic E-state index is 1.04. The van der Waals surface area contributed by atoms with E-state index in [1.54, 1.807) is 0 Å².